The molecule has 2 aromatic heterocycles. The molecule has 0 aliphatic heterocycles. The molecule has 2 amide bonds. The number of rotatable bonds is 3. The Morgan fingerprint density at radius 3 is 2.84 bits per heavy atom. The van der Waals surface area contributed by atoms with Crippen LogP contribution in [0.4, 0.5) is 5.69 Å². The highest BCUT2D eigenvalue weighted by Crippen LogP contribution is 2.32. The zero-order valence-electron chi connectivity index (χ0n) is 10.6. The first-order valence-electron chi connectivity index (χ1n) is 5.67. The quantitative estimate of drug-likeness (QED) is 0.768. The fraction of sp³-hybridized carbons (Fsp3) is 0.250. The Labute approximate surface area is 114 Å². The van der Waals surface area contributed by atoms with Gasteiger partial charge in [0.15, 0.2) is 0 Å². The zero-order chi connectivity index (χ0) is 14.0. The Hall–Kier alpha value is -2.15. The van der Waals surface area contributed by atoms with Gasteiger partial charge in [0.25, 0.3) is 5.91 Å². The van der Waals surface area contributed by atoms with Gasteiger partial charge in [-0.1, -0.05) is 0 Å². The van der Waals surface area contributed by atoms with E-state index in [4.69, 9.17) is 5.73 Å². The number of amides is 2. The van der Waals surface area contributed by atoms with Gasteiger partial charge >= 0.3 is 0 Å². The number of anilines is 1. The van der Waals surface area contributed by atoms with Crippen molar-refractivity contribution in [3.8, 4) is 0 Å². The van der Waals surface area contributed by atoms with Crippen molar-refractivity contribution in [2.24, 2.45) is 0 Å². The summed E-state index contributed by atoms with van der Waals surface area (Å²) in [5, 5.41) is 5.71. The first-order chi connectivity index (χ1) is 9.02. The van der Waals surface area contributed by atoms with Gasteiger partial charge < -0.3 is 16.4 Å². The zero-order valence-corrected chi connectivity index (χ0v) is 11.4. The van der Waals surface area contributed by atoms with Crippen LogP contribution in [0.2, 0.25) is 0 Å². The maximum absolute atomic E-state index is 12.0. The number of hydrogen-bond donors (Lipinski definition) is 3. The Morgan fingerprint density at radius 1 is 1.42 bits per heavy atom. The van der Waals surface area contributed by atoms with Crippen LogP contribution >= 0.6 is 11.3 Å². The van der Waals surface area contributed by atoms with Crippen LogP contribution in [0, 0.1) is 6.92 Å². The molecule has 0 atom stereocenters. The Kier molecular flexibility index (Phi) is 3.66. The van der Waals surface area contributed by atoms with E-state index in [0.717, 1.165) is 15.9 Å². The largest absolute Gasteiger partial charge is 0.397 e. The fourth-order valence-electron chi connectivity index (χ4n) is 1.59. The van der Waals surface area contributed by atoms with E-state index < -0.39 is 0 Å². The van der Waals surface area contributed by atoms with Crippen molar-refractivity contribution >= 4 is 39.1 Å². The summed E-state index contributed by atoms with van der Waals surface area (Å²) in [6, 6.07) is 3.69. The minimum atomic E-state index is -0.359. The van der Waals surface area contributed by atoms with Gasteiger partial charge in [0.05, 0.1) is 12.2 Å². The van der Waals surface area contributed by atoms with Gasteiger partial charge in [-0.2, -0.15) is 0 Å². The molecule has 0 aliphatic rings. The summed E-state index contributed by atoms with van der Waals surface area (Å²) >= 11 is 1.23. The second kappa shape index (κ2) is 5.23. The molecule has 19 heavy (non-hydrogen) atoms. The molecule has 2 heterocycles. The molecule has 0 saturated carbocycles. The minimum absolute atomic E-state index is 0.0739. The molecular weight excluding hydrogens is 264 g/mol. The monoisotopic (exact) mass is 278 g/mol. The average molecular weight is 278 g/mol. The highest BCUT2D eigenvalue weighted by atomic mass is 32.1. The minimum Gasteiger partial charge on any atom is -0.397 e. The number of thiophene rings is 1. The van der Waals surface area contributed by atoms with Crippen LogP contribution in [-0.4, -0.2) is 30.4 Å². The third-order valence-corrected chi connectivity index (χ3v) is 3.74. The van der Waals surface area contributed by atoms with Gasteiger partial charge in [-0.3, -0.25) is 9.59 Å². The number of pyridine rings is 1. The first kappa shape index (κ1) is 13.3. The van der Waals surface area contributed by atoms with Crippen LogP contribution in [0.25, 0.3) is 10.2 Å². The number of carbonyl (C=O) groups is 2. The van der Waals surface area contributed by atoms with Crippen LogP contribution in [0.15, 0.2) is 12.1 Å². The molecule has 2 aromatic rings. The van der Waals surface area contributed by atoms with Crippen molar-refractivity contribution < 1.29 is 9.59 Å². The molecule has 2 rings (SSSR count). The Morgan fingerprint density at radius 2 is 2.16 bits per heavy atom. The van der Waals surface area contributed by atoms with E-state index in [1.165, 1.54) is 18.4 Å². The number of nitrogens with one attached hydrogen (secondary N) is 2. The second-order valence-corrected chi connectivity index (χ2v) is 5.01. The molecule has 0 fully saturated rings. The standard InChI is InChI=1S/C12H14N4O2S/c1-6-3-4-7-9(13)10(19-12(7)16-6)11(18)15-5-8(17)14-2/h3-4H,5,13H2,1-2H3,(H,14,17)(H,15,18). The maximum atomic E-state index is 12.0. The lowest BCUT2D eigenvalue weighted by Gasteiger charge is -2.02. The number of aromatic nitrogens is 1. The van der Waals surface area contributed by atoms with Crippen molar-refractivity contribution in [1.82, 2.24) is 15.6 Å². The lowest BCUT2D eigenvalue weighted by molar-refractivity contribution is -0.119. The van der Waals surface area contributed by atoms with Crippen LogP contribution < -0.4 is 16.4 Å². The highest BCUT2D eigenvalue weighted by molar-refractivity contribution is 7.21. The number of hydrogen-bond acceptors (Lipinski definition) is 5. The highest BCUT2D eigenvalue weighted by Gasteiger charge is 2.17. The van der Waals surface area contributed by atoms with Gasteiger partial charge in [0, 0.05) is 18.1 Å². The number of fused-ring (bicyclic) bond motifs is 1. The van der Waals surface area contributed by atoms with E-state index in [9.17, 15) is 9.59 Å². The van der Waals surface area contributed by atoms with Gasteiger partial charge in [-0.25, -0.2) is 4.98 Å². The van der Waals surface area contributed by atoms with Gasteiger partial charge in [0.2, 0.25) is 5.91 Å². The Bertz CT molecular complexity index is 650. The average Bonchev–Trinajstić information content (AvgIpc) is 2.72. The lowest BCUT2D eigenvalue weighted by atomic mass is 10.2. The molecule has 0 aromatic carbocycles. The van der Waals surface area contributed by atoms with E-state index in [1.807, 2.05) is 19.1 Å². The molecule has 4 N–H and O–H groups in total. The molecular formula is C12H14N4O2S. The van der Waals surface area contributed by atoms with E-state index >= 15 is 0 Å². The van der Waals surface area contributed by atoms with E-state index in [1.54, 1.807) is 0 Å². The molecule has 0 aliphatic carbocycles. The normalized spacial score (nSPS) is 10.4. The summed E-state index contributed by atoms with van der Waals surface area (Å²) in [7, 11) is 1.51. The van der Waals surface area contributed by atoms with Gasteiger partial charge in [0.1, 0.15) is 9.71 Å². The predicted octanol–water partition coefficient (Wildman–Crippen LogP) is 0.663. The Balaban J connectivity index is 2.27. The maximum Gasteiger partial charge on any atom is 0.264 e. The van der Waals surface area contributed by atoms with Crippen LogP contribution in [0.1, 0.15) is 15.4 Å². The summed E-state index contributed by atoms with van der Waals surface area (Å²) < 4.78 is 0. The van der Waals surface area contributed by atoms with Crippen LogP contribution in [-0.2, 0) is 4.79 Å². The number of likely N-dealkylation sites (N-methyl/N-ethyl adjacent to an activating group) is 1. The molecule has 0 unspecified atom stereocenters. The van der Waals surface area contributed by atoms with Crippen molar-refractivity contribution in [1.29, 1.82) is 0 Å². The molecule has 0 bridgehead atoms. The van der Waals surface area contributed by atoms with E-state index in [-0.39, 0.29) is 18.4 Å². The molecule has 100 valence electrons. The third kappa shape index (κ3) is 2.65. The fourth-order valence-corrected chi connectivity index (χ4v) is 2.64. The van der Waals surface area contributed by atoms with Crippen molar-refractivity contribution in [2.45, 2.75) is 6.92 Å². The third-order valence-electron chi connectivity index (χ3n) is 2.63. The number of aryl methyl sites for hydroxylation is 1. The number of nitrogens with zero attached hydrogens (tertiary/aromatic N) is 1. The van der Waals surface area contributed by atoms with E-state index in [2.05, 4.69) is 15.6 Å². The van der Waals surface area contributed by atoms with Gasteiger partial charge in [-0.15, -0.1) is 11.3 Å². The van der Waals surface area contributed by atoms with Crippen molar-refractivity contribution in [2.75, 3.05) is 19.3 Å². The lowest BCUT2D eigenvalue weighted by Crippen LogP contribution is -2.35. The van der Waals surface area contributed by atoms with Crippen molar-refractivity contribution in [3.63, 3.8) is 0 Å². The van der Waals surface area contributed by atoms with E-state index in [0.29, 0.717) is 10.6 Å². The summed E-state index contributed by atoms with van der Waals surface area (Å²) in [4.78, 5) is 28.5. The smallest absolute Gasteiger partial charge is 0.264 e. The van der Waals surface area contributed by atoms with Crippen molar-refractivity contribution in [3.05, 3.63) is 22.7 Å². The molecule has 0 spiro atoms. The summed E-state index contributed by atoms with van der Waals surface area (Å²) in [5.41, 5.74) is 7.21. The summed E-state index contributed by atoms with van der Waals surface area (Å²) in [6.07, 6.45) is 0. The van der Waals surface area contributed by atoms with Crippen LogP contribution in [0.3, 0.4) is 0 Å². The molecule has 0 radical (unpaired) electrons. The van der Waals surface area contributed by atoms with Crippen LogP contribution in [0.5, 0.6) is 0 Å². The predicted molar refractivity (Wildman–Crippen MR) is 75.2 cm³/mol. The molecule has 6 nitrogen and oxygen atoms in total. The number of nitrogen functional groups attached to an aromatic ring is 1. The second-order valence-electron chi connectivity index (χ2n) is 4.01. The number of carbonyl (C=O) groups excluding carboxylic acids is 2. The number of nitrogens with two attached hydrogens (primary N) is 1. The first-order valence-corrected chi connectivity index (χ1v) is 6.49. The topological polar surface area (TPSA) is 97.1 Å². The SMILES string of the molecule is CNC(=O)CNC(=O)c1sc2nc(C)ccc2c1N. The van der Waals surface area contributed by atoms with Gasteiger partial charge in [-0.05, 0) is 19.1 Å². The summed E-state index contributed by atoms with van der Waals surface area (Å²) in [6.45, 7) is 1.80. The summed E-state index contributed by atoms with van der Waals surface area (Å²) in [5.74, 6) is -0.622. The molecule has 0 saturated heterocycles. The molecule has 7 heteroatoms.